The Kier molecular flexibility index (Phi) is 7.42. The van der Waals surface area contributed by atoms with E-state index in [0.29, 0.717) is 6.21 Å². The predicted octanol–water partition coefficient (Wildman–Crippen LogP) is -1.57. The molecule has 4 amide bonds. The molecule has 2 saturated heterocycles. The molecule has 2 unspecified atom stereocenters. The van der Waals surface area contributed by atoms with E-state index in [2.05, 4.69) is 20.2 Å². The van der Waals surface area contributed by atoms with Crippen LogP contribution in [0.25, 0.3) is 0 Å². The van der Waals surface area contributed by atoms with Gasteiger partial charge in [-0.3, -0.25) is 29.3 Å². The lowest BCUT2D eigenvalue weighted by Crippen LogP contribution is -2.76. The van der Waals surface area contributed by atoms with Gasteiger partial charge in [0.2, 0.25) is 17.5 Å². The second-order valence-corrected chi connectivity index (χ2v) is 6.94. The van der Waals surface area contributed by atoms with E-state index in [-0.39, 0.29) is 38.6 Å². The van der Waals surface area contributed by atoms with Crippen LogP contribution in [0.1, 0.15) is 38.5 Å². The predicted molar refractivity (Wildman–Crippen MR) is 98.2 cm³/mol. The zero-order valence-corrected chi connectivity index (χ0v) is 16.8. The van der Waals surface area contributed by atoms with E-state index < -0.39 is 53.7 Å². The highest BCUT2D eigenvalue weighted by molar-refractivity contribution is 6.28. The number of Topliss-reactive ketones (excluding diaryl/α,β-unsaturated/α-hetero) is 1. The molecule has 0 aliphatic carbocycles. The normalized spacial score (nSPS) is 21.7. The highest BCUT2D eigenvalue weighted by Crippen LogP contribution is 2.31. The number of ether oxygens (including phenoxy) is 1. The number of ketones is 1. The first-order chi connectivity index (χ1) is 14.7. The van der Waals surface area contributed by atoms with Gasteiger partial charge in [-0.25, -0.2) is 14.8 Å². The van der Waals surface area contributed by atoms with Gasteiger partial charge in [-0.05, 0) is 12.8 Å². The summed E-state index contributed by atoms with van der Waals surface area (Å²) in [5.41, 5.74) is 4.63. The van der Waals surface area contributed by atoms with Gasteiger partial charge in [0.25, 0.3) is 11.7 Å². The minimum Gasteiger partial charge on any atom is -0.481 e. The Morgan fingerprint density at radius 1 is 1.26 bits per heavy atom. The maximum atomic E-state index is 13.3. The number of rotatable bonds is 7. The van der Waals surface area contributed by atoms with Crippen molar-refractivity contribution in [2.24, 2.45) is 0 Å². The number of amides is 4. The average molecular weight is 439 g/mol. The van der Waals surface area contributed by atoms with Crippen LogP contribution in [-0.2, 0) is 28.7 Å². The van der Waals surface area contributed by atoms with Crippen molar-refractivity contribution in [3.63, 3.8) is 0 Å². The summed E-state index contributed by atoms with van der Waals surface area (Å²) in [5.74, 6) is -4.49. The number of hydrazine groups is 1. The van der Waals surface area contributed by atoms with Crippen molar-refractivity contribution in [3.05, 3.63) is 0 Å². The fourth-order valence-corrected chi connectivity index (χ4v) is 3.54. The van der Waals surface area contributed by atoms with Gasteiger partial charge in [0, 0.05) is 25.8 Å². The summed E-state index contributed by atoms with van der Waals surface area (Å²) in [5, 5.41) is 15.5. The number of alkyl carbamates (subject to hydrolysis) is 1. The Morgan fingerprint density at radius 3 is 2.55 bits per heavy atom. The summed E-state index contributed by atoms with van der Waals surface area (Å²) < 4.78 is 4.58. The van der Waals surface area contributed by atoms with E-state index in [0.717, 1.165) is 17.1 Å². The third-order valence-electron chi connectivity index (χ3n) is 4.91. The van der Waals surface area contributed by atoms with Crippen LogP contribution in [0.5, 0.6) is 0 Å². The summed E-state index contributed by atoms with van der Waals surface area (Å²) in [6, 6.07) is -1.62. The highest BCUT2D eigenvalue weighted by Gasteiger charge is 2.55. The lowest BCUT2D eigenvalue weighted by Gasteiger charge is -2.50. The number of nitrogens with one attached hydrogen (secondary N) is 3. The van der Waals surface area contributed by atoms with E-state index in [9.17, 15) is 28.8 Å². The average Bonchev–Trinajstić information content (AvgIpc) is 2.86. The van der Waals surface area contributed by atoms with Gasteiger partial charge < -0.3 is 15.2 Å². The molecule has 0 saturated carbocycles. The fourth-order valence-electron chi connectivity index (χ4n) is 3.54. The highest BCUT2D eigenvalue weighted by atomic mass is 16.5. The Balaban J connectivity index is 2.50. The maximum Gasteiger partial charge on any atom is 0.409 e. The van der Waals surface area contributed by atoms with Crippen LogP contribution in [-0.4, -0.2) is 87.1 Å². The van der Waals surface area contributed by atoms with Gasteiger partial charge in [0.1, 0.15) is 6.04 Å². The molecular weight excluding hydrogens is 416 g/mol. The molecular formula is C17H23N6O8+. The zero-order chi connectivity index (χ0) is 23.2. The molecule has 0 aromatic heterocycles. The van der Waals surface area contributed by atoms with Crippen molar-refractivity contribution < 1.29 is 43.4 Å². The van der Waals surface area contributed by atoms with E-state index >= 15 is 0 Å². The van der Waals surface area contributed by atoms with Crippen LogP contribution >= 0.6 is 0 Å². The molecule has 0 radical (unpaired) electrons. The van der Waals surface area contributed by atoms with E-state index in [1.165, 1.54) is 0 Å². The molecule has 0 bridgehead atoms. The van der Waals surface area contributed by atoms with Gasteiger partial charge in [-0.15, -0.1) is 0 Å². The van der Waals surface area contributed by atoms with Crippen molar-refractivity contribution in [3.8, 4) is 0 Å². The number of carbonyl (C=O) groups excluding carboxylic acids is 5. The number of fused-ring (bicyclic) bond motifs is 1. The number of hydrogen-bond donors (Lipinski definition) is 4. The molecule has 2 rings (SSSR count). The topological polar surface area (TPSA) is 200 Å². The summed E-state index contributed by atoms with van der Waals surface area (Å²) in [6.07, 6.45) is -1.02. The molecule has 14 nitrogen and oxygen atoms in total. The molecule has 2 heterocycles. The summed E-state index contributed by atoms with van der Waals surface area (Å²) >= 11 is 0. The molecule has 2 atom stereocenters. The third kappa shape index (κ3) is 5.04. The number of carboxylic acids is 1. The lowest BCUT2D eigenvalue weighted by atomic mass is 9.96. The number of carboxylic acid groups (broad SMARTS) is 1. The molecule has 31 heavy (non-hydrogen) atoms. The molecule has 4 N–H and O–H groups in total. The van der Waals surface area contributed by atoms with Crippen molar-refractivity contribution in [2.45, 2.75) is 50.2 Å². The van der Waals surface area contributed by atoms with Crippen LogP contribution in [0.4, 0.5) is 4.79 Å². The van der Waals surface area contributed by atoms with Gasteiger partial charge in [0.15, 0.2) is 0 Å². The van der Waals surface area contributed by atoms with Crippen molar-refractivity contribution >= 4 is 41.8 Å². The van der Waals surface area contributed by atoms with E-state index in [1.54, 1.807) is 0 Å². The first kappa shape index (κ1) is 23.5. The molecule has 2 aliphatic rings. The molecule has 0 spiro atoms. The molecule has 0 aromatic rings. The second kappa shape index (κ2) is 9.80. The largest absolute Gasteiger partial charge is 0.481 e. The maximum absolute atomic E-state index is 13.3. The lowest BCUT2D eigenvalue weighted by molar-refractivity contribution is -0.192. The van der Waals surface area contributed by atoms with Crippen molar-refractivity contribution in [2.75, 3.05) is 13.7 Å². The quantitative estimate of drug-likeness (QED) is 0.207. The van der Waals surface area contributed by atoms with E-state index in [1.807, 2.05) is 0 Å². The van der Waals surface area contributed by atoms with Crippen LogP contribution < -0.4 is 10.6 Å². The third-order valence-corrected chi connectivity index (χ3v) is 4.91. The summed E-state index contributed by atoms with van der Waals surface area (Å²) in [7, 11) is 1.04. The molecule has 14 heteroatoms. The Morgan fingerprint density at radius 2 is 1.94 bits per heavy atom. The van der Waals surface area contributed by atoms with Gasteiger partial charge in [-0.1, -0.05) is 0 Å². The Bertz CT molecular complexity index is 854. The minimum absolute atomic E-state index is 0.0664. The Labute approximate surface area is 176 Å². The Hall–Kier alpha value is -3.80. The molecule has 2 aliphatic heterocycles. The summed E-state index contributed by atoms with van der Waals surface area (Å²) in [4.78, 5) is 76.8. The first-order valence-corrected chi connectivity index (χ1v) is 9.42. The fraction of sp³-hybridized carbons (Fsp3) is 0.588. The number of hydrogen-bond acceptors (Lipinski definition) is 8. The van der Waals surface area contributed by atoms with Crippen LogP contribution in [0.2, 0.25) is 0 Å². The first-order valence-electron chi connectivity index (χ1n) is 9.42. The van der Waals surface area contributed by atoms with Crippen molar-refractivity contribution in [1.29, 1.82) is 5.53 Å². The van der Waals surface area contributed by atoms with Crippen LogP contribution in [0, 0.1) is 5.53 Å². The van der Waals surface area contributed by atoms with Gasteiger partial charge in [-0.2, -0.15) is 0 Å². The number of methoxy groups -OCH3 is 1. The molecule has 0 aromatic carbocycles. The number of aliphatic carboxylic acids is 1. The van der Waals surface area contributed by atoms with Crippen LogP contribution in [0.3, 0.4) is 0 Å². The van der Waals surface area contributed by atoms with E-state index in [4.69, 9.17) is 10.6 Å². The van der Waals surface area contributed by atoms with Gasteiger partial charge in [0.05, 0.1) is 23.9 Å². The second-order valence-electron chi connectivity index (χ2n) is 6.94. The zero-order valence-electron chi connectivity index (χ0n) is 16.8. The molecule has 168 valence electrons. The smallest absolute Gasteiger partial charge is 0.409 e. The number of carbonyl (C=O) groups is 6. The summed E-state index contributed by atoms with van der Waals surface area (Å²) in [6.45, 7) is 0.130. The van der Waals surface area contributed by atoms with Crippen molar-refractivity contribution in [1.82, 2.24) is 20.7 Å². The number of nitrogens with zero attached hydrogens (tertiary/aromatic N) is 3. The van der Waals surface area contributed by atoms with Gasteiger partial charge >= 0.3 is 18.3 Å². The minimum atomic E-state index is -2.13. The molecule has 2 fully saturated rings. The van der Waals surface area contributed by atoms with Crippen LogP contribution in [0.15, 0.2) is 0 Å². The standard InChI is InChI=1S/C17H22N6O8/c1-31-16(30)21-17(15(29)20-10(8-14(27)28)11(24)9-19-18)6-3-7-22-12(25)4-2-5-13(26)23(17)22/h9-10,18H,2-8H2,1H3,(H2-,20,21,27,28,29,30)/p+1. The SMILES string of the molecule is COC(=O)NC1(C(=O)NC(CC(=O)O)C(=O)C=[N+]=N)CCCN2C(=O)CCCC(=O)N21. The monoisotopic (exact) mass is 439 g/mol.